The van der Waals surface area contributed by atoms with E-state index in [4.69, 9.17) is 13.8 Å². The number of ether oxygens (including phenoxy) is 1. The minimum absolute atomic E-state index is 0.155. The summed E-state index contributed by atoms with van der Waals surface area (Å²) in [5.41, 5.74) is 0. The van der Waals surface area contributed by atoms with Gasteiger partial charge in [0, 0.05) is 13.1 Å². The van der Waals surface area contributed by atoms with Crippen LogP contribution in [0.25, 0.3) is 0 Å². The molecule has 0 radical (unpaired) electrons. The second kappa shape index (κ2) is 7.37. The number of aliphatic hydroxyl groups excluding tert-OH is 1. The Morgan fingerprint density at radius 3 is 2.45 bits per heavy atom. The molecule has 1 saturated heterocycles. The third-order valence-electron chi connectivity index (χ3n) is 3.25. The van der Waals surface area contributed by atoms with Crippen molar-refractivity contribution in [3.8, 4) is 0 Å². The summed E-state index contributed by atoms with van der Waals surface area (Å²) in [6.45, 7) is 11.2. The summed E-state index contributed by atoms with van der Waals surface area (Å²) in [5, 5.41) is 9.94. The summed E-state index contributed by atoms with van der Waals surface area (Å²) in [6, 6.07) is 0. The van der Waals surface area contributed by atoms with Crippen LogP contribution in [0.3, 0.4) is 0 Å². The molecule has 1 aliphatic heterocycles. The molecule has 1 aliphatic rings. The molecule has 0 aromatic heterocycles. The van der Waals surface area contributed by atoms with Gasteiger partial charge in [-0.25, -0.2) is 0 Å². The van der Waals surface area contributed by atoms with Gasteiger partial charge in [0.05, 0.1) is 30.5 Å². The first-order valence-electron chi connectivity index (χ1n) is 7.38. The van der Waals surface area contributed by atoms with Gasteiger partial charge in [-0.1, -0.05) is 13.8 Å². The standard InChI is InChI=1S/C14H29O5P/c1-9(2)7-13-14(8-12(15)11(5)17-13)19-20(6,16)18-10(3)4/h9-15H,7-8H2,1-6H3. The zero-order valence-electron chi connectivity index (χ0n) is 13.4. The van der Waals surface area contributed by atoms with Gasteiger partial charge in [-0.15, -0.1) is 0 Å². The topological polar surface area (TPSA) is 65.0 Å². The lowest BCUT2D eigenvalue weighted by Crippen LogP contribution is -2.47. The van der Waals surface area contributed by atoms with Crippen molar-refractivity contribution in [1.82, 2.24) is 0 Å². The quantitative estimate of drug-likeness (QED) is 0.763. The van der Waals surface area contributed by atoms with E-state index < -0.39 is 19.8 Å². The lowest BCUT2D eigenvalue weighted by molar-refractivity contribution is -0.161. The smallest absolute Gasteiger partial charge is 0.328 e. The first-order chi connectivity index (χ1) is 9.10. The summed E-state index contributed by atoms with van der Waals surface area (Å²) in [5.74, 6) is 0.441. The van der Waals surface area contributed by atoms with Crippen LogP contribution in [-0.2, 0) is 18.3 Å². The summed E-state index contributed by atoms with van der Waals surface area (Å²) >= 11 is 0. The Balaban J connectivity index is 2.74. The van der Waals surface area contributed by atoms with Crippen molar-refractivity contribution in [2.45, 2.75) is 78.0 Å². The first kappa shape index (κ1) is 18.1. The van der Waals surface area contributed by atoms with Crippen LogP contribution in [0, 0.1) is 5.92 Å². The van der Waals surface area contributed by atoms with E-state index >= 15 is 0 Å². The van der Waals surface area contributed by atoms with E-state index in [0.29, 0.717) is 12.3 Å². The third-order valence-corrected chi connectivity index (χ3v) is 4.71. The monoisotopic (exact) mass is 308 g/mol. The predicted molar refractivity (Wildman–Crippen MR) is 79.0 cm³/mol. The van der Waals surface area contributed by atoms with E-state index in [1.807, 2.05) is 20.8 Å². The zero-order chi connectivity index (χ0) is 15.5. The molecule has 0 aliphatic carbocycles. The Hall–Kier alpha value is 0.0700. The van der Waals surface area contributed by atoms with E-state index in [1.54, 1.807) is 0 Å². The average molecular weight is 308 g/mol. The van der Waals surface area contributed by atoms with Crippen molar-refractivity contribution in [1.29, 1.82) is 0 Å². The van der Waals surface area contributed by atoms with Crippen LogP contribution in [0.4, 0.5) is 0 Å². The van der Waals surface area contributed by atoms with Crippen molar-refractivity contribution in [2.24, 2.45) is 5.92 Å². The Morgan fingerprint density at radius 2 is 1.95 bits per heavy atom. The highest BCUT2D eigenvalue weighted by Gasteiger charge is 2.39. The number of aliphatic hydroxyl groups is 1. The maximum atomic E-state index is 12.3. The zero-order valence-corrected chi connectivity index (χ0v) is 14.3. The summed E-state index contributed by atoms with van der Waals surface area (Å²) in [4.78, 5) is 0. The molecule has 1 fully saturated rings. The summed E-state index contributed by atoms with van der Waals surface area (Å²) < 4.78 is 29.2. The van der Waals surface area contributed by atoms with Gasteiger partial charge < -0.3 is 18.9 Å². The van der Waals surface area contributed by atoms with Crippen LogP contribution in [0.5, 0.6) is 0 Å². The van der Waals surface area contributed by atoms with Crippen molar-refractivity contribution >= 4 is 7.60 Å². The normalized spacial score (nSPS) is 34.5. The third kappa shape index (κ3) is 5.82. The second-order valence-electron chi connectivity index (χ2n) is 6.38. The van der Waals surface area contributed by atoms with Gasteiger partial charge in [-0.2, -0.15) is 0 Å². The highest BCUT2D eigenvalue weighted by molar-refractivity contribution is 7.53. The van der Waals surface area contributed by atoms with E-state index in [9.17, 15) is 9.67 Å². The van der Waals surface area contributed by atoms with E-state index in [2.05, 4.69) is 13.8 Å². The largest absolute Gasteiger partial charge is 0.390 e. The van der Waals surface area contributed by atoms with E-state index in [-0.39, 0.29) is 18.3 Å². The Morgan fingerprint density at radius 1 is 1.35 bits per heavy atom. The number of rotatable bonds is 6. The van der Waals surface area contributed by atoms with Gasteiger partial charge in [0.1, 0.15) is 0 Å². The van der Waals surface area contributed by atoms with Crippen molar-refractivity contribution in [3.05, 3.63) is 0 Å². The van der Waals surface area contributed by atoms with Crippen LogP contribution in [0.15, 0.2) is 0 Å². The fourth-order valence-corrected chi connectivity index (χ4v) is 4.00. The number of hydrogen-bond acceptors (Lipinski definition) is 5. The molecule has 1 rings (SSSR count). The SMILES string of the molecule is CC(C)CC1OC(C)C(O)CC1OP(C)(=O)OC(C)C. The summed E-state index contributed by atoms with van der Waals surface area (Å²) in [6.07, 6.45) is -0.289. The molecule has 6 heteroatoms. The van der Waals surface area contributed by atoms with Gasteiger partial charge >= 0.3 is 7.60 Å². The van der Waals surface area contributed by atoms with Gasteiger partial charge in [0.2, 0.25) is 0 Å². The molecule has 5 nitrogen and oxygen atoms in total. The van der Waals surface area contributed by atoms with Crippen LogP contribution in [0.1, 0.15) is 47.5 Å². The van der Waals surface area contributed by atoms with Crippen LogP contribution >= 0.6 is 7.60 Å². The molecule has 1 N–H and O–H groups in total. The molecule has 0 aromatic rings. The Bertz CT molecular complexity index is 344. The molecule has 120 valence electrons. The molecule has 0 saturated carbocycles. The molecule has 5 atom stereocenters. The van der Waals surface area contributed by atoms with Gasteiger partial charge in [-0.05, 0) is 33.1 Å². The van der Waals surface area contributed by atoms with Crippen LogP contribution < -0.4 is 0 Å². The van der Waals surface area contributed by atoms with Crippen molar-refractivity contribution in [2.75, 3.05) is 6.66 Å². The van der Waals surface area contributed by atoms with Crippen molar-refractivity contribution < 1.29 is 23.5 Å². The van der Waals surface area contributed by atoms with Crippen molar-refractivity contribution in [3.63, 3.8) is 0 Å². The molecule has 0 spiro atoms. The number of hydrogen-bond donors (Lipinski definition) is 1. The van der Waals surface area contributed by atoms with Crippen LogP contribution in [0.2, 0.25) is 0 Å². The lowest BCUT2D eigenvalue weighted by Gasteiger charge is -2.39. The molecular formula is C14H29O5P. The predicted octanol–water partition coefficient (Wildman–Crippen LogP) is 3.20. The lowest BCUT2D eigenvalue weighted by atomic mass is 9.93. The highest BCUT2D eigenvalue weighted by Crippen LogP contribution is 2.48. The Kier molecular flexibility index (Phi) is 6.68. The molecule has 0 amide bonds. The van der Waals surface area contributed by atoms with Gasteiger partial charge in [-0.3, -0.25) is 4.57 Å². The molecular weight excluding hydrogens is 279 g/mol. The molecule has 0 bridgehead atoms. The molecule has 0 aromatic carbocycles. The molecule has 20 heavy (non-hydrogen) atoms. The summed E-state index contributed by atoms with van der Waals surface area (Å²) in [7, 11) is -3.14. The highest BCUT2D eigenvalue weighted by atomic mass is 31.2. The van der Waals surface area contributed by atoms with E-state index in [1.165, 1.54) is 6.66 Å². The molecule has 1 heterocycles. The van der Waals surface area contributed by atoms with Crippen LogP contribution in [-0.4, -0.2) is 42.3 Å². The maximum absolute atomic E-state index is 12.3. The minimum Gasteiger partial charge on any atom is -0.390 e. The maximum Gasteiger partial charge on any atom is 0.328 e. The second-order valence-corrected chi connectivity index (χ2v) is 8.35. The fourth-order valence-electron chi connectivity index (χ4n) is 2.47. The fraction of sp³-hybridized carbons (Fsp3) is 1.00. The first-order valence-corrected chi connectivity index (χ1v) is 9.37. The molecule has 5 unspecified atom stereocenters. The van der Waals surface area contributed by atoms with Gasteiger partial charge in [0.25, 0.3) is 0 Å². The Labute approximate surface area is 122 Å². The van der Waals surface area contributed by atoms with Gasteiger partial charge in [0.15, 0.2) is 0 Å². The van der Waals surface area contributed by atoms with E-state index in [0.717, 1.165) is 6.42 Å². The average Bonchev–Trinajstić information content (AvgIpc) is 2.22. The minimum atomic E-state index is -3.14.